The number of carbonyl (C=O) groups excluding carboxylic acids is 2. The van der Waals surface area contributed by atoms with Crippen molar-refractivity contribution < 1.29 is 23.8 Å². The van der Waals surface area contributed by atoms with Crippen LogP contribution in [-0.4, -0.2) is 38.7 Å². The number of nitrogens with one attached hydrogen (secondary N) is 2. The number of methoxy groups -OCH3 is 1. The number of hydrogen-bond donors (Lipinski definition) is 2. The van der Waals surface area contributed by atoms with Gasteiger partial charge in [-0.25, -0.2) is 0 Å². The van der Waals surface area contributed by atoms with Crippen LogP contribution in [0.1, 0.15) is 13.3 Å². The molecule has 2 amide bonds. The van der Waals surface area contributed by atoms with Gasteiger partial charge in [-0.05, 0) is 31.2 Å². The Morgan fingerprint density at radius 2 is 1.67 bits per heavy atom. The lowest BCUT2D eigenvalue weighted by Crippen LogP contribution is -2.44. The minimum atomic E-state index is -0.449. The molecule has 0 bridgehead atoms. The zero-order valence-corrected chi connectivity index (χ0v) is 12.2. The second-order valence-corrected chi connectivity index (χ2v) is 4.01. The summed E-state index contributed by atoms with van der Waals surface area (Å²) in [5, 5.41) is 0. The molecular weight excluding hydrogens is 276 g/mol. The van der Waals surface area contributed by atoms with Crippen LogP contribution in [0.15, 0.2) is 24.3 Å². The van der Waals surface area contributed by atoms with E-state index in [1.807, 2.05) is 6.92 Å². The third kappa shape index (κ3) is 7.17. The van der Waals surface area contributed by atoms with Crippen LogP contribution in [0.3, 0.4) is 0 Å². The predicted octanol–water partition coefficient (Wildman–Crippen LogP) is 0.648. The molecule has 2 N–H and O–H groups in total. The Morgan fingerprint density at radius 3 is 2.29 bits per heavy atom. The van der Waals surface area contributed by atoms with Crippen LogP contribution >= 0.6 is 0 Å². The lowest BCUT2D eigenvalue weighted by atomic mass is 10.3. The number of hydrazine groups is 1. The summed E-state index contributed by atoms with van der Waals surface area (Å²) in [5.41, 5.74) is 4.54. The molecule has 1 aromatic carbocycles. The van der Waals surface area contributed by atoms with Crippen molar-refractivity contribution in [2.24, 2.45) is 0 Å². The van der Waals surface area contributed by atoms with Gasteiger partial charge in [0.15, 0.2) is 6.61 Å². The van der Waals surface area contributed by atoms with Crippen LogP contribution in [0, 0.1) is 0 Å². The van der Waals surface area contributed by atoms with Crippen LogP contribution in [0.25, 0.3) is 0 Å². The van der Waals surface area contributed by atoms with E-state index >= 15 is 0 Å². The molecule has 0 aliphatic rings. The molecule has 7 heteroatoms. The van der Waals surface area contributed by atoms with E-state index in [9.17, 15) is 9.59 Å². The van der Waals surface area contributed by atoms with Crippen molar-refractivity contribution >= 4 is 11.8 Å². The molecule has 0 saturated heterocycles. The Balaban J connectivity index is 2.19. The van der Waals surface area contributed by atoms with Gasteiger partial charge >= 0.3 is 0 Å². The summed E-state index contributed by atoms with van der Waals surface area (Å²) < 4.78 is 15.3. The predicted molar refractivity (Wildman–Crippen MR) is 75.9 cm³/mol. The van der Waals surface area contributed by atoms with Gasteiger partial charge in [-0.2, -0.15) is 0 Å². The first-order valence-electron chi connectivity index (χ1n) is 6.58. The van der Waals surface area contributed by atoms with E-state index in [2.05, 4.69) is 10.9 Å². The van der Waals surface area contributed by atoms with E-state index in [0.29, 0.717) is 24.7 Å². The van der Waals surface area contributed by atoms with Crippen molar-refractivity contribution in [3.05, 3.63) is 24.3 Å². The molecule has 0 heterocycles. The largest absolute Gasteiger partial charge is 0.497 e. The second kappa shape index (κ2) is 9.60. The first kappa shape index (κ1) is 16.8. The first-order valence-corrected chi connectivity index (χ1v) is 6.58. The SMILES string of the molecule is CCOCCC(=O)NNC(=O)COc1ccc(OC)cc1. The van der Waals surface area contributed by atoms with E-state index in [1.54, 1.807) is 31.4 Å². The highest BCUT2D eigenvalue weighted by molar-refractivity contribution is 5.82. The normalized spacial score (nSPS) is 9.81. The summed E-state index contributed by atoms with van der Waals surface area (Å²) in [6.07, 6.45) is 0.188. The highest BCUT2D eigenvalue weighted by Gasteiger charge is 2.05. The average molecular weight is 296 g/mol. The lowest BCUT2D eigenvalue weighted by molar-refractivity contribution is -0.130. The van der Waals surface area contributed by atoms with Crippen molar-refractivity contribution in [2.45, 2.75) is 13.3 Å². The third-order valence-electron chi connectivity index (χ3n) is 2.45. The van der Waals surface area contributed by atoms with Gasteiger partial charge < -0.3 is 14.2 Å². The standard InChI is InChI=1S/C14H20N2O5/c1-3-20-9-8-13(17)15-16-14(18)10-21-12-6-4-11(19-2)5-7-12/h4-7H,3,8-10H2,1-2H3,(H,15,17)(H,16,18). The molecule has 0 fully saturated rings. The average Bonchev–Trinajstić information content (AvgIpc) is 2.51. The van der Waals surface area contributed by atoms with Crippen molar-refractivity contribution in [3.63, 3.8) is 0 Å². The van der Waals surface area contributed by atoms with Crippen LogP contribution in [0.4, 0.5) is 0 Å². The zero-order valence-electron chi connectivity index (χ0n) is 12.2. The van der Waals surface area contributed by atoms with Crippen molar-refractivity contribution in [1.29, 1.82) is 0 Å². The molecule has 21 heavy (non-hydrogen) atoms. The van der Waals surface area contributed by atoms with Crippen molar-refractivity contribution in [3.8, 4) is 11.5 Å². The van der Waals surface area contributed by atoms with Gasteiger partial charge in [0, 0.05) is 6.61 Å². The number of carbonyl (C=O) groups is 2. The topological polar surface area (TPSA) is 85.9 Å². The Bertz CT molecular complexity index is 447. The fourth-order valence-electron chi connectivity index (χ4n) is 1.37. The summed E-state index contributed by atoms with van der Waals surface area (Å²) in [4.78, 5) is 22.8. The maximum absolute atomic E-state index is 11.5. The third-order valence-corrected chi connectivity index (χ3v) is 2.45. The van der Waals surface area contributed by atoms with Gasteiger partial charge in [-0.1, -0.05) is 0 Å². The highest BCUT2D eigenvalue weighted by Crippen LogP contribution is 2.16. The Morgan fingerprint density at radius 1 is 1.05 bits per heavy atom. The summed E-state index contributed by atoms with van der Waals surface area (Å²) >= 11 is 0. The molecule has 1 rings (SSSR count). The molecule has 0 spiro atoms. The van der Waals surface area contributed by atoms with Gasteiger partial charge in [-0.3, -0.25) is 20.4 Å². The highest BCUT2D eigenvalue weighted by atomic mass is 16.5. The molecular formula is C14H20N2O5. The summed E-state index contributed by atoms with van der Waals surface area (Å²) in [6.45, 7) is 2.52. The van der Waals surface area contributed by atoms with Gasteiger partial charge in [-0.15, -0.1) is 0 Å². The number of amides is 2. The van der Waals surface area contributed by atoms with E-state index in [0.717, 1.165) is 0 Å². The Labute approximate surface area is 123 Å². The summed E-state index contributed by atoms with van der Waals surface area (Å²) in [6, 6.07) is 6.82. The Hall–Kier alpha value is -2.28. The molecule has 0 radical (unpaired) electrons. The number of rotatable bonds is 8. The van der Waals surface area contributed by atoms with Crippen LogP contribution in [0.2, 0.25) is 0 Å². The quantitative estimate of drug-likeness (QED) is 0.543. The minimum absolute atomic E-state index is 0.188. The maximum atomic E-state index is 11.5. The first-order chi connectivity index (χ1) is 10.2. The van der Waals surface area contributed by atoms with Crippen molar-refractivity contribution in [1.82, 2.24) is 10.9 Å². The molecule has 1 aromatic rings. The molecule has 7 nitrogen and oxygen atoms in total. The van der Waals surface area contributed by atoms with E-state index in [1.165, 1.54) is 0 Å². The fraction of sp³-hybridized carbons (Fsp3) is 0.429. The van der Waals surface area contributed by atoms with Crippen LogP contribution < -0.4 is 20.3 Å². The van der Waals surface area contributed by atoms with Gasteiger partial charge in [0.25, 0.3) is 5.91 Å². The lowest BCUT2D eigenvalue weighted by Gasteiger charge is -2.09. The Kier molecular flexibility index (Phi) is 7.67. The smallest absolute Gasteiger partial charge is 0.276 e. The molecule has 0 atom stereocenters. The summed E-state index contributed by atoms with van der Waals surface area (Å²) in [7, 11) is 1.57. The molecule has 0 aromatic heterocycles. The van der Waals surface area contributed by atoms with E-state index in [-0.39, 0.29) is 18.9 Å². The zero-order chi connectivity index (χ0) is 15.5. The molecule has 0 aliphatic heterocycles. The maximum Gasteiger partial charge on any atom is 0.276 e. The van der Waals surface area contributed by atoms with Crippen LogP contribution in [-0.2, 0) is 14.3 Å². The second-order valence-electron chi connectivity index (χ2n) is 4.01. The monoisotopic (exact) mass is 296 g/mol. The van der Waals surface area contributed by atoms with Gasteiger partial charge in [0.1, 0.15) is 11.5 Å². The molecule has 116 valence electrons. The fourth-order valence-corrected chi connectivity index (χ4v) is 1.37. The van der Waals surface area contributed by atoms with Crippen molar-refractivity contribution in [2.75, 3.05) is 26.9 Å². The van der Waals surface area contributed by atoms with Gasteiger partial charge in [0.2, 0.25) is 5.91 Å². The van der Waals surface area contributed by atoms with Crippen LogP contribution in [0.5, 0.6) is 11.5 Å². The number of benzene rings is 1. The number of hydrogen-bond acceptors (Lipinski definition) is 5. The van der Waals surface area contributed by atoms with E-state index < -0.39 is 5.91 Å². The molecule has 0 aliphatic carbocycles. The molecule has 0 unspecified atom stereocenters. The summed E-state index contributed by atoms with van der Waals surface area (Å²) in [5.74, 6) is 0.471. The van der Waals surface area contributed by atoms with Gasteiger partial charge in [0.05, 0.1) is 20.1 Å². The van der Waals surface area contributed by atoms with E-state index in [4.69, 9.17) is 14.2 Å². The minimum Gasteiger partial charge on any atom is -0.497 e. The number of ether oxygens (including phenoxy) is 3. The molecule has 0 saturated carbocycles.